The van der Waals surface area contributed by atoms with Crippen molar-refractivity contribution in [3.05, 3.63) is 162 Å². The third-order valence-corrected chi connectivity index (χ3v) is 12.5. The van der Waals surface area contributed by atoms with Crippen molar-refractivity contribution in [2.75, 3.05) is 23.0 Å². The van der Waals surface area contributed by atoms with Gasteiger partial charge in [-0.1, -0.05) is 23.7 Å². The molecule has 0 radical (unpaired) electrons. The molecule has 76 heavy (non-hydrogen) atoms. The standard InChI is InChI=1S/C49H29ClF6N14O6/c1-21-3-4-22(13-28(21)70-38-35-31(10-12-33(64-35)49(54,55)56)75-40(38)42(57-2)65-47(70)73)15-61-44-41-37(34-30(76-41)9-11-32(63-34)48(51,52)53)68(45(71)67-44)25-7-6-24(60-19-25)16-62-43-39-36(27-14-23(50)5-8-29(27)74-39)69(46(72)66-43)26-17-58-20-59-18-26/h3-14,17-20H,15-16H2,1-2H3,(H,57,65,73)(H,61,67,71)(H,62,66,72). The molecule has 0 atom stereocenters. The summed E-state index contributed by atoms with van der Waals surface area (Å²) < 4.78 is 106. The van der Waals surface area contributed by atoms with Gasteiger partial charge in [0.25, 0.3) is 0 Å². The summed E-state index contributed by atoms with van der Waals surface area (Å²) >= 11 is 6.35. The lowest BCUT2D eigenvalue weighted by Gasteiger charge is -2.14. The predicted molar refractivity (Wildman–Crippen MR) is 264 cm³/mol. The Bertz CT molecular complexity index is 4550. The van der Waals surface area contributed by atoms with E-state index in [1.807, 2.05) is 0 Å². The molecule has 12 aromatic rings. The zero-order valence-electron chi connectivity index (χ0n) is 38.7. The van der Waals surface area contributed by atoms with Crippen LogP contribution in [0.15, 0.2) is 125 Å². The van der Waals surface area contributed by atoms with Gasteiger partial charge in [0.15, 0.2) is 45.4 Å². The average Bonchev–Trinajstić information content (AvgIpc) is 4.20. The monoisotopic (exact) mass is 1060 g/mol. The van der Waals surface area contributed by atoms with E-state index in [-0.39, 0.29) is 91.9 Å². The minimum absolute atomic E-state index is 0.0405. The molecular formula is C49H29ClF6N14O6. The molecule has 0 bridgehead atoms. The molecule has 0 amide bonds. The van der Waals surface area contributed by atoms with Gasteiger partial charge in [-0.25, -0.2) is 34.3 Å². The molecule has 0 fully saturated rings. The zero-order valence-corrected chi connectivity index (χ0v) is 39.4. The van der Waals surface area contributed by atoms with Crippen molar-refractivity contribution >= 4 is 95.5 Å². The summed E-state index contributed by atoms with van der Waals surface area (Å²) in [6.07, 6.45) is -4.23. The van der Waals surface area contributed by atoms with Crippen molar-refractivity contribution in [1.82, 2.24) is 53.6 Å². The summed E-state index contributed by atoms with van der Waals surface area (Å²) in [5.74, 6) is -0.176. The van der Waals surface area contributed by atoms with E-state index in [4.69, 9.17) is 24.9 Å². The Hall–Kier alpha value is -9.72. The van der Waals surface area contributed by atoms with Crippen LogP contribution in [0.5, 0.6) is 0 Å². The van der Waals surface area contributed by atoms with E-state index in [9.17, 15) is 40.7 Å². The number of anilines is 3. The molecule has 0 spiro atoms. The molecule has 3 N–H and O–H groups in total. The van der Waals surface area contributed by atoms with Crippen LogP contribution < -0.4 is 33.0 Å². The first kappa shape index (κ1) is 47.3. The number of hydrogen-bond acceptors (Lipinski definition) is 17. The van der Waals surface area contributed by atoms with Gasteiger partial charge in [0.2, 0.25) is 0 Å². The Morgan fingerprint density at radius 3 is 1.75 bits per heavy atom. The van der Waals surface area contributed by atoms with Gasteiger partial charge in [0.1, 0.15) is 50.9 Å². The summed E-state index contributed by atoms with van der Waals surface area (Å²) in [5, 5.41) is 9.74. The Morgan fingerprint density at radius 1 is 0.579 bits per heavy atom. The van der Waals surface area contributed by atoms with Crippen LogP contribution in [0, 0.1) is 6.92 Å². The summed E-state index contributed by atoms with van der Waals surface area (Å²) in [5.41, 5.74) is -3.46. The number of nitrogens with zero attached hydrogens (tertiary/aromatic N) is 11. The molecule has 0 aliphatic rings. The molecule has 0 saturated heterocycles. The van der Waals surface area contributed by atoms with Gasteiger partial charge in [-0.3, -0.25) is 18.7 Å². The van der Waals surface area contributed by atoms with Crippen LogP contribution in [0.25, 0.3) is 83.5 Å². The van der Waals surface area contributed by atoms with Crippen molar-refractivity contribution in [2.24, 2.45) is 0 Å². The maximum absolute atomic E-state index is 14.2. The van der Waals surface area contributed by atoms with Crippen LogP contribution in [0.2, 0.25) is 5.02 Å². The third-order valence-electron chi connectivity index (χ3n) is 12.3. The number of nitrogens with one attached hydrogen (secondary N) is 3. The number of aromatic nitrogens is 11. The topological polar surface area (TPSA) is 245 Å². The van der Waals surface area contributed by atoms with E-state index in [1.54, 1.807) is 43.3 Å². The summed E-state index contributed by atoms with van der Waals surface area (Å²) in [4.78, 5) is 74.4. The average molecular weight is 1060 g/mol. The molecule has 380 valence electrons. The number of fused-ring (bicyclic) bond motifs is 9. The van der Waals surface area contributed by atoms with Crippen molar-refractivity contribution in [2.45, 2.75) is 32.4 Å². The molecule has 0 unspecified atom stereocenters. The molecule has 27 heteroatoms. The lowest BCUT2D eigenvalue weighted by atomic mass is 10.1. The molecule has 0 aliphatic carbocycles. The van der Waals surface area contributed by atoms with Crippen LogP contribution in [-0.2, 0) is 25.4 Å². The molecule has 2 aromatic carbocycles. The van der Waals surface area contributed by atoms with Crippen LogP contribution in [0.3, 0.4) is 0 Å². The highest BCUT2D eigenvalue weighted by Crippen LogP contribution is 2.39. The molecule has 12 rings (SSSR count). The highest BCUT2D eigenvalue weighted by Gasteiger charge is 2.35. The first-order valence-electron chi connectivity index (χ1n) is 22.4. The third kappa shape index (κ3) is 7.92. The fourth-order valence-corrected chi connectivity index (χ4v) is 9.01. The molecule has 20 nitrogen and oxygen atoms in total. The second kappa shape index (κ2) is 17.5. The fourth-order valence-electron chi connectivity index (χ4n) is 8.83. The quantitative estimate of drug-likeness (QED) is 0.108. The van der Waals surface area contributed by atoms with Crippen LogP contribution in [0.4, 0.5) is 43.8 Å². The van der Waals surface area contributed by atoms with E-state index < -0.39 is 40.8 Å². The van der Waals surface area contributed by atoms with E-state index in [1.165, 1.54) is 48.7 Å². The van der Waals surface area contributed by atoms with E-state index in [2.05, 4.69) is 55.8 Å². The van der Waals surface area contributed by atoms with E-state index >= 15 is 0 Å². The Kier molecular flexibility index (Phi) is 10.9. The van der Waals surface area contributed by atoms with Crippen molar-refractivity contribution in [1.29, 1.82) is 0 Å². The second-order valence-corrected chi connectivity index (χ2v) is 17.4. The van der Waals surface area contributed by atoms with Gasteiger partial charge < -0.3 is 29.2 Å². The summed E-state index contributed by atoms with van der Waals surface area (Å²) in [6, 6.07) is 16.4. The van der Waals surface area contributed by atoms with Gasteiger partial charge in [-0.2, -0.15) is 41.3 Å². The number of pyridine rings is 3. The molecule has 0 saturated carbocycles. The SMILES string of the molecule is CNc1nc(=O)n(-c2cc(CNc3nc(=O)n(-c4ccc(CNc5nc(=O)n(-c6cncnc6)c6c5oc5ccc(Cl)cc56)nc4)c4c3oc3ccc(C(F)(F)F)nc34)ccc2C)c2c1oc1ccc(C(F)(F)F)nc12. The number of aryl methyl sites for hydroxylation is 1. The number of furan rings is 3. The molecule has 10 heterocycles. The lowest BCUT2D eigenvalue weighted by molar-refractivity contribution is -0.141. The molecule has 0 aliphatic heterocycles. The van der Waals surface area contributed by atoms with Gasteiger partial charge in [-0.05, 0) is 78.7 Å². The largest absolute Gasteiger partial charge is 0.450 e. The lowest BCUT2D eigenvalue weighted by Crippen LogP contribution is -2.24. The minimum Gasteiger partial charge on any atom is -0.450 e. The summed E-state index contributed by atoms with van der Waals surface area (Å²) in [7, 11) is 1.46. The van der Waals surface area contributed by atoms with Gasteiger partial charge >= 0.3 is 29.4 Å². The van der Waals surface area contributed by atoms with Crippen LogP contribution in [-0.4, -0.2) is 60.6 Å². The van der Waals surface area contributed by atoms with Crippen molar-refractivity contribution in [3.8, 4) is 17.1 Å². The fraction of sp³-hybridized carbons (Fsp3) is 0.122. The maximum Gasteiger partial charge on any atom is 0.433 e. The Morgan fingerprint density at radius 2 is 1.13 bits per heavy atom. The van der Waals surface area contributed by atoms with Crippen LogP contribution >= 0.6 is 11.6 Å². The Labute approximate surface area is 422 Å². The maximum atomic E-state index is 14.2. The Balaban J connectivity index is 0.901. The highest BCUT2D eigenvalue weighted by molar-refractivity contribution is 6.31. The number of alkyl halides is 6. The minimum atomic E-state index is -4.89. The van der Waals surface area contributed by atoms with Gasteiger partial charge in [0.05, 0.1) is 47.9 Å². The molecular weight excluding hydrogens is 1030 g/mol. The normalized spacial score (nSPS) is 12.3. The van der Waals surface area contributed by atoms with Crippen molar-refractivity contribution < 1.29 is 39.6 Å². The van der Waals surface area contributed by atoms with Crippen LogP contribution in [0.1, 0.15) is 28.2 Å². The van der Waals surface area contributed by atoms with E-state index in [0.29, 0.717) is 44.0 Å². The van der Waals surface area contributed by atoms with Gasteiger partial charge in [-0.15, -0.1) is 0 Å². The number of halogens is 7. The first-order chi connectivity index (χ1) is 36.4. The highest BCUT2D eigenvalue weighted by atomic mass is 35.5. The second-order valence-electron chi connectivity index (χ2n) is 17.0. The van der Waals surface area contributed by atoms with Gasteiger partial charge in [0, 0.05) is 24.0 Å². The number of rotatable bonds is 10. The predicted octanol–water partition coefficient (Wildman–Crippen LogP) is 9.26. The van der Waals surface area contributed by atoms with E-state index in [0.717, 1.165) is 33.4 Å². The molecule has 10 aromatic heterocycles. The smallest absolute Gasteiger partial charge is 0.433 e. The zero-order chi connectivity index (χ0) is 52.9. The number of benzene rings is 2. The summed E-state index contributed by atoms with van der Waals surface area (Å²) in [6.45, 7) is 1.47. The van der Waals surface area contributed by atoms with Crippen molar-refractivity contribution in [3.63, 3.8) is 0 Å². The first-order valence-corrected chi connectivity index (χ1v) is 22.8. The number of hydrogen-bond donors (Lipinski definition) is 3.